The Morgan fingerprint density at radius 3 is 2.65 bits per heavy atom. The molecule has 0 saturated carbocycles. The van der Waals surface area contributed by atoms with Gasteiger partial charge in [-0.3, -0.25) is 4.79 Å². The van der Waals surface area contributed by atoms with Crippen molar-refractivity contribution in [2.45, 2.75) is 25.2 Å². The number of nitrogens with one attached hydrogen (secondary N) is 2. The fourth-order valence-electron chi connectivity index (χ4n) is 1.44. The summed E-state index contributed by atoms with van der Waals surface area (Å²) in [5.74, 6) is -1.38. The van der Waals surface area contributed by atoms with E-state index >= 15 is 0 Å². The SMILES string of the molecule is CCCNC(=O)CNS(=O)(=O)c1cc(N)c(C)cc1F. The standard InChI is InChI=1S/C12H18FN3O3S/c1-3-4-15-12(17)7-16-20(18,19)11-6-10(14)8(2)5-9(11)13/h5-6,16H,3-4,7,14H2,1-2H3,(H,15,17). The van der Waals surface area contributed by atoms with Gasteiger partial charge in [0.25, 0.3) is 0 Å². The van der Waals surface area contributed by atoms with Crippen LogP contribution in [0.2, 0.25) is 0 Å². The predicted molar refractivity (Wildman–Crippen MR) is 74.0 cm³/mol. The van der Waals surface area contributed by atoms with Crippen molar-refractivity contribution in [2.24, 2.45) is 0 Å². The van der Waals surface area contributed by atoms with Gasteiger partial charge in [-0.1, -0.05) is 6.92 Å². The molecule has 0 unspecified atom stereocenters. The third kappa shape index (κ3) is 4.17. The molecule has 0 bridgehead atoms. The summed E-state index contributed by atoms with van der Waals surface area (Å²) in [5, 5.41) is 2.51. The number of rotatable bonds is 6. The van der Waals surface area contributed by atoms with E-state index in [-0.39, 0.29) is 5.69 Å². The highest BCUT2D eigenvalue weighted by molar-refractivity contribution is 7.89. The Morgan fingerprint density at radius 2 is 2.05 bits per heavy atom. The Morgan fingerprint density at radius 1 is 1.40 bits per heavy atom. The number of carbonyl (C=O) groups excluding carboxylic acids is 1. The zero-order valence-corrected chi connectivity index (χ0v) is 12.2. The minimum Gasteiger partial charge on any atom is -0.398 e. The summed E-state index contributed by atoms with van der Waals surface area (Å²) in [6.07, 6.45) is 0.738. The van der Waals surface area contributed by atoms with Gasteiger partial charge in [0.2, 0.25) is 15.9 Å². The van der Waals surface area contributed by atoms with Crippen molar-refractivity contribution in [2.75, 3.05) is 18.8 Å². The highest BCUT2D eigenvalue weighted by atomic mass is 32.2. The molecular weight excluding hydrogens is 285 g/mol. The summed E-state index contributed by atoms with van der Waals surface area (Å²) in [6.45, 7) is 3.44. The zero-order chi connectivity index (χ0) is 15.3. The third-order valence-electron chi connectivity index (χ3n) is 2.60. The first-order valence-corrected chi connectivity index (χ1v) is 7.58. The number of nitrogens with two attached hydrogens (primary N) is 1. The predicted octanol–water partition coefficient (Wildman–Crippen LogP) is 0.521. The van der Waals surface area contributed by atoms with Crippen LogP contribution in [-0.4, -0.2) is 27.4 Å². The fourth-order valence-corrected chi connectivity index (χ4v) is 2.51. The smallest absolute Gasteiger partial charge is 0.244 e. The summed E-state index contributed by atoms with van der Waals surface area (Å²) in [7, 11) is -4.12. The Kier molecular flexibility index (Phi) is 5.46. The van der Waals surface area contributed by atoms with Crippen LogP contribution >= 0.6 is 0 Å². The highest BCUT2D eigenvalue weighted by Gasteiger charge is 2.21. The van der Waals surface area contributed by atoms with E-state index < -0.39 is 33.2 Å². The van der Waals surface area contributed by atoms with Crippen LogP contribution in [0.25, 0.3) is 0 Å². The molecular formula is C12H18FN3O3S. The summed E-state index contributed by atoms with van der Waals surface area (Å²) >= 11 is 0. The average molecular weight is 303 g/mol. The first-order valence-electron chi connectivity index (χ1n) is 6.10. The van der Waals surface area contributed by atoms with E-state index in [0.717, 1.165) is 18.6 Å². The van der Waals surface area contributed by atoms with Crippen LogP contribution in [0.5, 0.6) is 0 Å². The summed E-state index contributed by atoms with van der Waals surface area (Å²) in [4.78, 5) is 10.8. The van der Waals surface area contributed by atoms with E-state index in [1.54, 1.807) is 6.92 Å². The van der Waals surface area contributed by atoms with Gasteiger partial charge >= 0.3 is 0 Å². The quantitative estimate of drug-likeness (QED) is 0.667. The lowest BCUT2D eigenvalue weighted by Gasteiger charge is -2.10. The molecule has 0 aromatic heterocycles. The van der Waals surface area contributed by atoms with Crippen molar-refractivity contribution < 1.29 is 17.6 Å². The number of carbonyl (C=O) groups is 1. The number of nitrogen functional groups attached to an aromatic ring is 1. The van der Waals surface area contributed by atoms with Crippen LogP contribution < -0.4 is 15.8 Å². The molecule has 0 fully saturated rings. The third-order valence-corrected chi connectivity index (χ3v) is 4.02. The van der Waals surface area contributed by atoms with Crippen LogP contribution in [0, 0.1) is 12.7 Å². The Balaban J connectivity index is 2.84. The molecule has 4 N–H and O–H groups in total. The molecule has 6 nitrogen and oxygen atoms in total. The number of benzene rings is 1. The van der Waals surface area contributed by atoms with Crippen molar-refractivity contribution in [1.82, 2.24) is 10.0 Å². The second kappa shape index (κ2) is 6.67. The monoisotopic (exact) mass is 303 g/mol. The van der Waals surface area contributed by atoms with Crippen LogP contribution in [0.4, 0.5) is 10.1 Å². The Bertz CT molecular complexity index is 602. The molecule has 1 aromatic carbocycles. The topological polar surface area (TPSA) is 101 Å². The van der Waals surface area contributed by atoms with Crippen molar-refractivity contribution in [3.63, 3.8) is 0 Å². The van der Waals surface area contributed by atoms with Crippen LogP contribution in [0.15, 0.2) is 17.0 Å². The number of amides is 1. The second-order valence-electron chi connectivity index (χ2n) is 4.31. The summed E-state index contributed by atoms with van der Waals surface area (Å²) < 4.78 is 39.5. The van der Waals surface area contributed by atoms with Crippen molar-refractivity contribution in [1.29, 1.82) is 0 Å². The maximum Gasteiger partial charge on any atom is 0.244 e. The molecule has 0 saturated heterocycles. The van der Waals surface area contributed by atoms with Gasteiger partial charge in [0, 0.05) is 12.2 Å². The maximum atomic E-state index is 13.7. The number of aryl methyl sites for hydroxylation is 1. The van der Waals surface area contributed by atoms with E-state index in [4.69, 9.17) is 5.73 Å². The van der Waals surface area contributed by atoms with Gasteiger partial charge in [-0.15, -0.1) is 0 Å². The fraction of sp³-hybridized carbons (Fsp3) is 0.417. The molecule has 0 spiro atoms. The van der Waals surface area contributed by atoms with E-state index in [1.807, 2.05) is 11.6 Å². The molecule has 0 aliphatic rings. The van der Waals surface area contributed by atoms with Crippen molar-refractivity contribution in [3.8, 4) is 0 Å². The molecule has 20 heavy (non-hydrogen) atoms. The van der Waals surface area contributed by atoms with Gasteiger partial charge in [-0.25, -0.2) is 17.5 Å². The maximum absolute atomic E-state index is 13.7. The first kappa shape index (κ1) is 16.4. The van der Waals surface area contributed by atoms with E-state index in [2.05, 4.69) is 5.32 Å². The lowest BCUT2D eigenvalue weighted by Crippen LogP contribution is -2.37. The van der Waals surface area contributed by atoms with E-state index in [0.29, 0.717) is 12.1 Å². The minimum atomic E-state index is -4.12. The van der Waals surface area contributed by atoms with E-state index in [1.165, 1.54) is 0 Å². The van der Waals surface area contributed by atoms with Gasteiger partial charge in [0.1, 0.15) is 10.7 Å². The molecule has 8 heteroatoms. The largest absolute Gasteiger partial charge is 0.398 e. The summed E-state index contributed by atoms with van der Waals surface area (Å²) in [5.41, 5.74) is 6.18. The van der Waals surface area contributed by atoms with Gasteiger partial charge in [0.05, 0.1) is 6.54 Å². The van der Waals surface area contributed by atoms with Crippen molar-refractivity contribution in [3.05, 3.63) is 23.5 Å². The molecule has 0 radical (unpaired) electrons. The second-order valence-corrected chi connectivity index (χ2v) is 6.05. The normalized spacial score (nSPS) is 11.3. The zero-order valence-electron chi connectivity index (χ0n) is 11.4. The number of anilines is 1. The number of sulfonamides is 1. The summed E-state index contributed by atoms with van der Waals surface area (Å²) in [6, 6.07) is 2.08. The highest BCUT2D eigenvalue weighted by Crippen LogP contribution is 2.21. The van der Waals surface area contributed by atoms with Crippen LogP contribution in [-0.2, 0) is 14.8 Å². The van der Waals surface area contributed by atoms with Gasteiger partial charge in [-0.2, -0.15) is 0 Å². The van der Waals surface area contributed by atoms with Crippen molar-refractivity contribution >= 4 is 21.6 Å². The molecule has 112 valence electrons. The average Bonchev–Trinajstić information content (AvgIpc) is 2.38. The molecule has 1 rings (SSSR count). The molecule has 0 heterocycles. The van der Waals surface area contributed by atoms with Crippen LogP contribution in [0.1, 0.15) is 18.9 Å². The number of halogens is 1. The van der Waals surface area contributed by atoms with E-state index in [9.17, 15) is 17.6 Å². The molecule has 0 atom stereocenters. The minimum absolute atomic E-state index is 0.169. The molecule has 0 aliphatic heterocycles. The lowest BCUT2D eigenvalue weighted by molar-refractivity contribution is -0.119. The molecule has 1 aromatic rings. The van der Waals surface area contributed by atoms with Gasteiger partial charge in [0.15, 0.2) is 0 Å². The van der Waals surface area contributed by atoms with Crippen LogP contribution in [0.3, 0.4) is 0 Å². The number of hydrogen-bond acceptors (Lipinski definition) is 4. The molecule has 0 aliphatic carbocycles. The lowest BCUT2D eigenvalue weighted by atomic mass is 10.2. The number of hydrogen-bond donors (Lipinski definition) is 3. The van der Waals surface area contributed by atoms with Gasteiger partial charge < -0.3 is 11.1 Å². The molecule has 1 amide bonds. The first-order chi connectivity index (χ1) is 9.27. The Labute approximate surface area is 117 Å². The van der Waals surface area contributed by atoms with Gasteiger partial charge in [-0.05, 0) is 31.0 Å². The Hall–Kier alpha value is -1.67.